The van der Waals surface area contributed by atoms with Crippen molar-refractivity contribution in [1.82, 2.24) is 19.8 Å². The van der Waals surface area contributed by atoms with Crippen molar-refractivity contribution < 1.29 is 14.6 Å². The predicted octanol–water partition coefficient (Wildman–Crippen LogP) is 1.81. The molecule has 3 heterocycles. The first-order chi connectivity index (χ1) is 15.6. The molecule has 1 aliphatic heterocycles. The second-order valence-corrected chi connectivity index (χ2v) is 8.29. The van der Waals surface area contributed by atoms with Gasteiger partial charge in [-0.05, 0) is 23.8 Å². The van der Waals surface area contributed by atoms with E-state index in [1.807, 2.05) is 35.0 Å². The lowest BCUT2D eigenvalue weighted by Crippen LogP contribution is -2.43. The number of carbonyl (C=O) groups excluding carboxylic acids is 1. The summed E-state index contributed by atoms with van der Waals surface area (Å²) in [5.74, 6) is -0.216. The van der Waals surface area contributed by atoms with Gasteiger partial charge in [-0.3, -0.25) is 14.7 Å². The third kappa shape index (κ3) is 4.95. The van der Waals surface area contributed by atoms with E-state index in [0.29, 0.717) is 35.7 Å². The van der Waals surface area contributed by atoms with Crippen molar-refractivity contribution in [3.05, 3.63) is 65.1 Å². The minimum absolute atomic E-state index is 0.0144. The first kappa shape index (κ1) is 22.7. The van der Waals surface area contributed by atoms with E-state index in [4.69, 9.17) is 22.1 Å². The van der Waals surface area contributed by atoms with Gasteiger partial charge in [0.15, 0.2) is 0 Å². The molecule has 9 heteroatoms. The molecule has 1 fully saturated rings. The molecule has 0 bridgehead atoms. The van der Waals surface area contributed by atoms with Gasteiger partial charge in [0, 0.05) is 56.7 Å². The second-order valence-electron chi connectivity index (χ2n) is 7.88. The van der Waals surface area contributed by atoms with E-state index in [0.717, 1.165) is 24.2 Å². The number of fused-ring (bicyclic) bond motifs is 1. The summed E-state index contributed by atoms with van der Waals surface area (Å²) in [5.41, 5.74) is 7.88. The number of amides is 1. The molecule has 2 atom stereocenters. The highest BCUT2D eigenvalue weighted by molar-refractivity contribution is 6.36. The molecule has 0 spiro atoms. The Balaban J connectivity index is 1.58. The Hall–Kier alpha value is -2.49. The molecule has 1 saturated heterocycles. The number of halogens is 1. The van der Waals surface area contributed by atoms with Gasteiger partial charge in [0.25, 0.3) is 5.91 Å². The molecule has 1 aliphatic rings. The summed E-state index contributed by atoms with van der Waals surface area (Å²) in [6.45, 7) is 3.75. The monoisotopic (exact) mass is 457 g/mol. The summed E-state index contributed by atoms with van der Waals surface area (Å²) in [5, 5.41) is 14.3. The van der Waals surface area contributed by atoms with Crippen LogP contribution in [0.25, 0.3) is 10.9 Å². The lowest BCUT2D eigenvalue weighted by Gasteiger charge is -2.34. The highest BCUT2D eigenvalue weighted by atomic mass is 35.5. The van der Waals surface area contributed by atoms with Crippen LogP contribution < -0.4 is 11.1 Å². The minimum atomic E-state index is -0.711. The van der Waals surface area contributed by atoms with Crippen molar-refractivity contribution >= 4 is 28.4 Å². The number of aliphatic hydroxyl groups excluding tert-OH is 1. The third-order valence-corrected chi connectivity index (χ3v) is 6.11. The van der Waals surface area contributed by atoms with Crippen LogP contribution in [0, 0.1) is 0 Å². The number of benzene rings is 1. The maximum Gasteiger partial charge on any atom is 0.253 e. The van der Waals surface area contributed by atoms with E-state index in [9.17, 15) is 9.90 Å². The second kappa shape index (κ2) is 10.4. The van der Waals surface area contributed by atoms with Crippen LogP contribution in [0.1, 0.15) is 22.0 Å². The van der Waals surface area contributed by atoms with E-state index in [2.05, 4.69) is 15.2 Å². The van der Waals surface area contributed by atoms with Crippen molar-refractivity contribution in [2.24, 2.45) is 5.73 Å². The summed E-state index contributed by atoms with van der Waals surface area (Å²) >= 11 is 6.46. The van der Waals surface area contributed by atoms with Crippen LogP contribution in [-0.2, 0) is 11.3 Å². The van der Waals surface area contributed by atoms with Gasteiger partial charge in [-0.2, -0.15) is 0 Å². The molecule has 8 nitrogen and oxygen atoms in total. The molecule has 170 valence electrons. The molecular formula is C23H28ClN5O3. The van der Waals surface area contributed by atoms with Crippen molar-refractivity contribution in [3.8, 4) is 0 Å². The van der Waals surface area contributed by atoms with Crippen LogP contribution in [0.4, 0.5) is 0 Å². The lowest BCUT2D eigenvalue weighted by atomic mass is 10.1. The van der Waals surface area contributed by atoms with Crippen LogP contribution in [0.5, 0.6) is 0 Å². The number of ether oxygens (including phenoxy) is 1. The van der Waals surface area contributed by atoms with Crippen molar-refractivity contribution in [2.75, 3.05) is 39.4 Å². The molecule has 3 aromatic rings. The number of nitrogens with two attached hydrogens (primary N) is 1. The predicted molar refractivity (Wildman–Crippen MR) is 124 cm³/mol. The Morgan fingerprint density at radius 1 is 1.28 bits per heavy atom. The number of carbonyl (C=O) groups is 1. The first-order valence-electron chi connectivity index (χ1n) is 10.7. The SMILES string of the molecule is NC[C@H](O)Cn1cc(C(=O)NCC(c2cccnc2)N2CCOCC2)c2c(Cl)cccc21. The molecular weight excluding hydrogens is 430 g/mol. The smallest absolute Gasteiger partial charge is 0.253 e. The quantitative estimate of drug-likeness (QED) is 0.476. The number of morpholine rings is 1. The summed E-state index contributed by atoms with van der Waals surface area (Å²) in [4.78, 5) is 19.8. The molecule has 0 radical (unpaired) electrons. The number of aliphatic hydroxyl groups is 1. The van der Waals surface area contributed by atoms with Gasteiger partial charge in [-0.25, -0.2) is 0 Å². The number of hydrogen-bond donors (Lipinski definition) is 3. The fourth-order valence-electron chi connectivity index (χ4n) is 4.14. The van der Waals surface area contributed by atoms with E-state index in [1.165, 1.54) is 0 Å². The Morgan fingerprint density at radius 3 is 2.81 bits per heavy atom. The van der Waals surface area contributed by atoms with Gasteiger partial charge in [0.1, 0.15) is 0 Å². The van der Waals surface area contributed by atoms with Crippen LogP contribution in [0.2, 0.25) is 5.02 Å². The average Bonchev–Trinajstić information content (AvgIpc) is 3.20. The standard InChI is InChI=1S/C23H28ClN5O3/c24-19-4-1-5-20-22(19)18(15-29(20)14-17(30)11-25)23(31)27-13-21(16-3-2-6-26-12-16)28-7-9-32-10-8-28/h1-6,12,15,17,21,30H,7-11,13-14,25H2,(H,27,31)/t17-,21?/m0/s1. The van der Waals surface area contributed by atoms with Gasteiger partial charge in [-0.15, -0.1) is 0 Å². The van der Waals surface area contributed by atoms with Crippen molar-refractivity contribution in [1.29, 1.82) is 0 Å². The topological polar surface area (TPSA) is 106 Å². The summed E-state index contributed by atoms with van der Waals surface area (Å²) in [7, 11) is 0. The third-order valence-electron chi connectivity index (χ3n) is 5.79. The largest absolute Gasteiger partial charge is 0.390 e. The molecule has 1 unspecified atom stereocenters. The number of nitrogens with one attached hydrogen (secondary N) is 1. The number of aromatic nitrogens is 2. The molecule has 1 amide bonds. The van der Waals surface area contributed by atoms with Crippen LogP contribution >= 0.6 is 11.6 Å². The molecule has 4 N–H and O–H groups in total. The maximum absolute atomic E-state index is 13.3. The molecule has 32 heavy (non-hydrogen) atoms. The lowest BCUT2D eigenvalue weighted by molar-refractivity contribution is 0.0161. The average molecular weight is 458 g/mol. The molecule has 1 aromatic carbocycles. The zero-order valence-electron chi connectivity index (χ0n) is 17.8. The first-order valence-corrected chi connectivity index (χ1v) is 11.1. The fourth-order valence-corrected chi connectivity index (χ4v) is 4.41. The number of hydrogen-bond acceptors (Lipinski definition) is 6. The van der Waals surface area contributed by atoms with Crippen LogP contribution in [-0.4, -0.2) is 71.0 Å². The normalized spacial score (nSPS) is 16.7. The maximum atomic E-state index is 13.3. The summed E-state index contributed by atoms with van der Waals surface area (Å²) < 4.78 is 7.32. The van der Waals surface area contributed by atoms with Gasteiger partial charge >= 0.3 is 0 Å². The molecule has 0 saturated carbocycles. The van der Waals surface area contributed by atoms with Crippen LogP contribution in [0.15, 0.2) is 48.9 Å². The zero-order valence-corrected chi connectivity index (χ0v) is 18.5. The van der Waals surface area contributed by atoms with E-state index < -0.39 is 6.10 Å². The Labute approximate surface area is 191 Å². The van der Waals surface area contributed by atoms with Gasteiger partial charge in [0.2, 0.25) is 0 Å². The molecule has 2 aromatic heterocycles. The van der Waals surface area contributed by atoms with Gasteiger partial charge < -0.3 is 25.5 Å². The van der Waals surface area contributed by atoms with Crippen molar-refractivity contribution in [3.63, 3.8) is 0 Å². The van der Waals surface area contributed by atoms with Crippen molar-refractivity contribution in [2.45, 2.75) is 18.7 Å². The van der Waals surface area contributed by atoms with Gasteiger partial charge in [0.05, 0.1) is 41.5 Å². The Morgan fingerprint density at radius 2 is 2.09 bits per heavy atom. The minimum Gasteiger partial charge on any atom is -0.390 e. The summed E-state index contributed by atoms with van der Waals surface area (Å²) in [6, 6.07) is 9.38. The van der Waals surface area contributed by atoms with Crippen LogP contribution in [0.3, 0.4) is 0 Å². The highest BCUT2D eigenvalue weighted by Gasteiger charge is 2.25. The number of pyridine rings is 1. The van der Waals surface area contributed by atoms with E-state index in [-0.39, 0.29) is 25.0 Å². The number of rotatable bonds is 8. The highest BCUT2D eigenvalue weighted by Crippen LogP contribution is 2.29. The Bertz CT molecular complexity index is 1050. The molecule has 4 rings (SSSR count). The zero-order chi connectivity index (χ0) is 22.5. The van der Waals surface area contributed by atoms with E-state index >= 15 is 0 Å². The summed E-state index contributed by atoms with van der Waals surface area (Å²) in [6.07, 6.45) is 4.60. The Kier molecular flexibility index (Phi) is 7.39. The fraction of sp³-hybridized carbons (Fsp3) is 0.391. The van der Waals surface area contributed by atoms with E-state index in [1.54, 1.807) is 18.5 Å². The van der Waals surface area contributed by atoms with Gasteiger partial charge in [-0.1, -0.05) is 23.7 Å². The molecule has 0 aliphatic carbocycles. The number of nitrogens with zero attached hydrogens (tertiary/aromatic N) is 3.